The van der Waals surface area contributed by atoms with Gasteiger partial charge in [-0.1, -0.05) is 36.4 Å². The van der Waals surface area contributed by atoms with Gasteiger partial charge in [0, 0.05) is 29.6 Å². The van der Waals surface area contributed by atoms with E-state index in [4.69, 9.17) is 4.74 Å². The van der Waals surface area contributed by atoms with Crippen molar-refractivity contribution in [3.8, 4) is 5.75 Å². The van der Waals surface area contributed by atoms with E-state index < -0.39 is 0 Å². The summed E-state index contributed by atoms with van der Waals surface area (Å²) in [5.74, 6) is 0.834. The second-order valence-electron chi connectivity index (χ2n) is 7.30. The van der Waals surface area contributed by atoms with Crippen molar-refractivity contribution >= 4 is 34.0 Å². The third-order valence-corrected chi connectivity index (χ3v) is 5.21. The number of hydrogen-bond acceptors (Lipinski definition) is 3. The lowest BCUT2D eigenvalue weighted by atomic mass is 10.1. The second kappa shape index (κ2) is 7.83. The molecule has 0 unspecified atom stereocenters. The minimum Gasteiger partial charge on any atom is -0.490 e. The van der Waals surface area contributed by atoms with Gasteiger partial charge in [-0.2, -0.15) is 0 Å². The smallest absolute Gasteiger partial charge is 0.323 e. The van der Waals surface area contributed by atoms with Crippen LogP contribution in [0.1, 0.15) is 5.56 Å². The third kappa shape index (κ3) is 3.80. The van der Waals surface area contributed by atoms with E-state index in [-0.39, 0.29) is 6.03 Å². The first-order valence-corrected chi connectivity index (χ1v) is 9.95. The largest absolute Gasteiger partial charge is 0.490 e. The van der Waals surface area contributed by atoms with E-state index >= 15 is 0 Å². The molecule has 150 valence electrons. The van der Waals surface area contributed by atoms with E-state index in [1.165, 1.54) is 5.56 Å². The van der Waals surface area contributed by atoms with Gasteiger partial charge in [-0.25, -0.2) is 4.79 Å². The lowest BCUT2D eigenvalue weighted by molar-refractivity contribution is 0.262. The van der Waals surface area contributed by atoms with Crippen molar-refractivity contribution in [3.63, 3.8) is 0 Å². The van der Waals surface area contributed by atoms with Crippen LogP contribution in [-0.4, -0.2) is 24.2 Å². The van der Waals surface area contributed by atoms with Crippen molar-refractivity contribution in [2.75, 3.05) is 28.7 Å². The molecule has 0 fully saturated rings. The molecule has 3 N–H and O–H groups in total. The van der Waals surface area contributed by atoms with Crippen molar-refractivity contribution in [2.24, 2.45) is 0 Å². The molecule has 30 heavy (non-hydrogen) atoms. The monoisotopic (exact) mass is 398 g/mol. The van der Waals surface area contributed by atoms with E-state index in [0.717, 1.165) is 46.8 Å². The SMILES string of the molecule is O=C(Nc1ccc2c(c1)N(Cc1ccccc1)CCO2)Nc1ccc2cc[nH]c2c1. The number of fused-ring (bicyclic) bond motifs is 2. The highest BCUT2D eigenvalue weighted by Gasteiger charge is 2.19. The molecular weight excluding hydrogens is 376 g/mol. The van der Waals surface area contributed by atoms with Crippen LogP contribution < -0.4 is 20.3 Å². The summed E-state index contributed by atoms with van der Waals surface area (Å²) in [7, 11) is 0. The van der Waals surface area contributed by atoms with Crippen molar-refractivity contribution in [2.45, 2.75) is 6.54 Å². The number of rotatable bonds is 4. The first-order valence-electron chi connectivity index (χ1n) is 9.95. The number of amides is 2. The van der Waals surface area contributed by atoms with Gasteiger partial charge in [-0.3, -0.25) is 0 Å². The van der Waals surface area contributed by atoms with Crippen LogP contribution in [0.15, 0.2) is 79.0 Å². The average Bonchev–Trinajstić information content (AvgIpc) is 3.23. The van der Waals surface area contributed by atoms with Gasteiger partial charge in [-0.05, 0) is 47.3 Å². The second-order valence-corrected chi connectivity index (χ2v) is 7.30. The Morgan fingerprint density at radius 2 is 1.77 bits per heavy atom. The molecule has 1 aromatic heterocycles. The predicted molar refractivity (Wildman–Crippen MR) is 120 cm³/mol. The topological polar surface area (TPSA) is 69.4 Å². The van der Waals surface area contributed by atoms with E-state index in [1.54, 1.807) is 0 Å². The number of hydrogen-bond donors (Lipinski definition) is 3. The van der Waals surface area contributed by atoms with Crippen LogP contribution in [-0.2, 0) is 6.54 Å². The molecule has 2 heterocycles. The number of carbonyl (C=O) groups excluding carboxylic acids is 1. The molecule has 1 aliphatic heterocycles. The van der Waals surface area contributed by atoms with Gasteiger partial charge >= 0.3 is 6.03 Å². The van der Waals surface area contributed by atoms with Crippen LogP contribution in [0.4, 0.5) is 21.9 Å². The number of nitrogens with zero attached hydrogens (tertiary/aromatic N) is 1. The number of anilines is 3. The zero-order valence-corrected chi connectivity index (χ0v) is 16.4. The summed E-state index contributed by atoms with van der Waals surface area (Å²) in [6, 6.07) is 23.6. The Balaban J connectivity index is 1.31. The summed E-state index contributed by atoms with van der Waals surface area (Å²) in [5, 5.41) is 6.92. The van der Waals surface area contributed by atoms with Gasteiger partial charge in [0.25, 0.3) is 0 Å². The van der Waals surface area contributed by atoms with Crippen molar-refractivity contribution in [3.05, 3.63) is 84.6 Å². The van der Waals surface area contributed by atoms with Gasteiger partial charge in [0.15, 0.2) is 0 Å². The van der Waals surface area contributed by atoms with Crippen molar-refractivity contribution < 1.29 is 9.53 Å². The molecule has 2 amide bonds. The maximum absolute atomic E-state index is 12.5. The van der Waals surface area contributed by atoms with Gasteiger partial charge in [0.1, 0.15) is 12.4 Å². The Hall–Kier alpha value is -3.93. The summed E-state index contributed by atoms with van der Waals surface area (Å²) in [4.78, 5) is 17.9. The third-order valence-electron chi connectivity index (χ3n) is 5.21. The first kappa shape index (κ1) is 18.1. The molecule has 1 aliphatic rings. The Kier molecular flexibility index (Phi) is 4.73. The van der Waals surface area contributed by atoms with Crippen molar-refractivity contribution in [1.82, 2.24) is 4.98 Å². The highest BCUT2D eigenvalue weighted by Crippen LogP contribution is 2.35. The summed E-state index contributed by atoms with van der Waals surface area (Å²) < 4.78 is 5.81. The van der Waals surface area contributed by atoms with Crippen molar-refractivity contribution in [1.29, 1.82) is 0 Å². The van der Waals surface area contributed by atoms with E-state index in [1.807, 2.05) is 66.9 Å². The lowest BCUT2D eigenvalue weighted by Crippen LogP contribution is -2.32. The minimum atomic E-state index is -0.285. The normalized spacial score (nSPS) is 12.9. The maximum atomic E-state index is 12.5. The molecule has 0 aliphatic carbocycles. The number of aromatic amines is 1. The fourth-order valence-electron chi connectivity index (χ4n) is 3.74. The Morgan fingerprint density at radius 3 is 2.63 bits per heavy atom. The lowest BCUT2D eigenvalue weighted by Gasteiger charge is -2.31. The average molecular weight is 398 g/mol. The Bertz CT molecular complexity index is 1190. The highest BCUT2D eigenvalue weighted by molar-refractivity contribution is 6.01. The number of benzene rings is 3. The zero-order chi connectivity index (χ0) is 20.3. The molecule has 6 heteroatoms. The maximum Gasteiger partial charge on any atom is 0.323 e. The van der Waals surface area contributed by atoms with Gasteiger partial charge in [0.2, 0.25) is 0 Å². The number of ether oxygens (including phenoxy) is 1. The molecule has 0 radical (unpaired) electrons. The van der Waals surface area contributed by atoms with Gasteiger partial charge in [0.05, 0.1) is 12.2 Å². The summed E-state index contributed by atoms with van der Waals surface area (Å²) in [6.45, 7) is 2.24. The molecule has 3 aromatic carbocycles. The highest BCUT2D eigenvalue weighted by atomic mass is 16.5. The fraction of sp³-hybridized carbons (Fsp3) is 0.125. The first-order chi connectivity index (χ1) is 14.7. The molecule has 0 bridgehead atoms. The summed E-state index contributed by atoms with van der Waals surface area (Å²) in [5.41, 5.74) is 4.65. The number of H-pyrrole nitrogens is 1. The Labute approximate surface area is 174 Å². The number of urea groups is 1. The molecular formula is C24H22N4O2. The fourth-order valence-corrected chi connectivity index (χ4v) is 3.74. The molecule has 0 saturated heterocycles. The van der Waals surface area contributed by atoms with Crippen LogP contribution in [0.2, 0.25) is 0 Å². The predicted octanol–water partition coefficient (Wildman–Crippen LogP) is 5.21. The molecule has 0 spiro atoms. The molecule has 4 aromatic rings. The van der Waals surface area contributed by atoms with Crippen LogP contribution >= 0.6 is 0 Å². The zero-order valence-electron chi connectivity index (χ0n) is 16.4. The van der Waals surface area contributed by atoms with Gasteiger partial charge in [-0.15, -0.1) is 0 Å². The standard InChI is InChI=1S/C24H22N4O2/c29-24(26-19-7-6-18-10-11-25-21(18)14-19)27-20-8-9-23-22(15-20)28(12-13-30-23)16-17-4-2-1-3-5-17/h1-11,14-15,25H,12-13,16H2,(H2,26,27,29). The van der Waals surface area contributed by atoms with Crippen LogP contribution in [0.5, 0.6) is 5.75 Å². The van der Waals surface area contributed by atoms with E-state index in [2.05, 4.69) is 32.7 Å². The molecule has 0 saturated carbocycles. The van der Waals surface area contributed by atoms with E-state index in [0.29, 0.717) is 6.61 Å². The van der Waals surface area contributed by atoms with Crippen LogP contribution in [0.25, 0.3) is 10.9 Å². The van der Waals surface area contributed by atoms with Gasteiger partial charge < -0.3 is 25.3 Å². The number of aromatic nitrogens is 1. The van der Waals surface area contributed by atoms with Crippen LogP contribution in [0, 0.1) is 0 Å². The number of carbonyl (C=O) groups is 1. The molecule has 6 nitrogen and oxygen atoms in total. The quantitative estimate of drug-likeness (QED) is 0.442. The summed E-state index contributed by atoms with van der Waals surface area (Å²) >= 11 is 0. The number of nitrogens with one attached hydrogen (secondary N) is 3. The minimum absolute atomic E-state index is 0.285. The molecule has 0 atom stereocenters. The van der Waals surface area contributed by atoms with Crippen LogP contribution in [0.3, 0.4) is 0 Å². The molecule has 5 rings (SSSR count). The Morgan fingerprint density at radius 1 is 0.967 bits per heavy atom. The van der Waals surface area contributed by atoms with E-state index in [9.17, 15) is 4.79 Å². The summed E-state index contributed by atoms with van der Waals surface area (Å²) in [6.07, 6.45) is 1.88.